The van der Waals surface area contributed by atoms with Gasteiger partial charge in [0.25, 0.3) is 0 Å². The summed E-state index contributed by atoms with van der Waals surface area (Å²) in [6.45, 7) is 73.0. The molecule has 700 valence electrons. The van der Waals surface area contributed by atoms with Gasteiger partial charge in [0.15, 0.2) is 5.78 Å². The fourth-order valence-corrected chi connectivity index (χ4v) is 16.9. The maximum absolute atomic E-state index is 12.6. The summed E-state index contributed by atoms with van der Waals surface area (Å²) in [6, 6.07) is 16.8. The van der Waals surface area contributed by atoms with Crippen LogP contribution in [-0.4, -0.2) is 375 Å². The number of anilines is 1. The number of fused-ring (bicyclic) bond motifs is 60. The fraction of sp³-hybridized carbons (Fsp3) is 0.852. The summed E-state index contributed by atoms with van der Waals surface area (Å²) >= 11 is 0. The van der Waals surface area contributed by atoms with E-state index in [0.717, 1.165) is 338 Å². The molecule has 33 heteroatoms. The van der Waals surface area contributed by atoms with Gasteiger partial charge in [0, 0.05) is 366 Å². The van der Waals surface area contributed by atoms with Crippen LogP contribution in [-0.2, 0) is 13.1 Å². The lowest BCUT2D eigenvalue weighted by Crippen LogP contribution is -2.69. The Bertz CT molecular complexity index is 2800. The van der Waals surface area contributed by atoms with E-state index in [1.54, 1.807) is 0 Å². The summed E-state index contributed by atoms with van der Waals surface area (Å²) < 4.78 is 0. The maximum Gasteiger partial charge on any atom is 0.168 e. The second-order valence-corrected chi connectivity index (χ2v) is 41.1. The van der Waals surface area contributed by atoms with Crippen LogP contribution in [0.4, 0.5) is 5.69 Å². The first kappa shape index (κ1) is 105. The Kier molecular flexibility index (Phi) is 46.4. The first-order valence-electron chi connectivity index (χ1n) is 46.6. The molecule has 2 aromatic carbocycles. The van der Waals surface area contributed by atoms with Crippen molar-refractivity contribution >= 4 is 11.5 Å². The third-order valence-electron chi connectivity index (χ3n) is 23.2. The Morgan fingerprint density at radius 2 is 0.463 bits per heavy atom. The summed E-state index contributed by atoms with van der Waals surface area (Å²) in [6.07, 6.45) is 0. The van der Waals surface area contributed by atoms with Gasteiger partial charge in [-0.3, -0.25) is 4.79 Å². The van der Waals surface area contributed by atoms with Gasteiger partial charge < -0.3 is 171 Å². The molecule has 33 nitrogen and oxygen atoms in total. The highest BCUT2D eigenvalue weighted by Crippen LogP contribution is 2.23. The molecule has 0 saturated carbocycles. The van der Waals surface area contributed by atoms with E-state index in [1.165, 1.54) is 11.1 Å². The molecule has 12 aliphatic rings. The monoisotopic (exact) mass is 1700 g/mol. The van der Waals surface area contributed by atoms with E-state index < -0.39 is 0 Å². The van der Waals surface area contributed by atoms with E-state index in [4.69, 9.17) is 17.2 Å². The van der Waals surface area contributed by atoms with Crippen molar-refractivity contribution in [2.75, 3.05) is 319 Å². The van der Waals surface area contributed by atoms with E-state index >= 15 is 0 Å². The van der Waals surface area contributed by atoms with Crippen molar-refractivity contribution in [2.45, 2.75) is 158 Å². The predicted molar refractivity (Wildman–Crippen MR) is 508 cm³/mol. The number of benzene rings is 2. The molecule has 12 aliphatic heterocycles. The second-order valence-electron chi connectivity index (χ2n) is 41.1. The van der Waals surface area contributed by atoms with Gasteiger partial charge in [0.2, 0.25) is 0 Å². The predicted octanol–water partition coefficient (Wildman–Crippen LogP) is -5.95. The van der Waals surface area contributed by atoms with Gasteiger partial charge in [-0.1, -0.05) is 64.1 Å². The number of carbonyl (C=O) groups is 1. The fourth-order valence-electron chi connectivity index (χ4n) is 16.9. The molecule has 8 bridgehead atoms. The lowest BCUT2D eigenvalue weighted by atomic mass is 9.86. The lowest BCUT2D eigenvalue weighted by molar-refractivity contribution is 0.0858. The highest BCUT2D eigenvalue weighted by Gasteiger charge is 2.38. The highest BCUT2D eigenvalue weighted by molar-refractivity contribution is 5.99. The Morgan fingerprint density at radius 1 is 0.273 bits per heavy atom. The molecule has 0 amide bonds. The second kappa shape index (κ2) is 53.6. The van der Waals surface area contributed by atoms with Crippen molar-refractivity contribution in [3.63, 3.8) is 0 Å². The van der Waals surface area contributed by atoms with E-state index in [9.17, 15) is 4.79 Å². The standard InChI is InChI=1S/C26H48N8O.C25H49N9.C19H43N7.C18H42N8/c1-24(2,3)23(35)22-6-4-21(5-7-22)14-34-26-18-31-11-8-28-15-25(27,16-29-9-12-32-19-26)17-30-10-13-33-20-26;1-23(2,3)34-22-6-4-21(5-7-22)14-33-25-18-30-11-8-27-15-24(26,16-28-9-12-31-19-25)17-29-10-13-32-20-25;1-17(2,3)26-19-14-23-8-5-20-11-18(4,12-21-6-9-24-15-19)13-22-7-10-25-16-19;1-16(2,3)26-18-13-23-7-4-20-10-17(19,11-21-5-8-24-14-18)12-22-6-9-25-15-18/h4-7,28-34H,8-20,27H2,1-3H3;4-7,27-34H,8-20,26H2,1-3H3;20-26H,5-16H2,1-4H3;20-26H,4-15,19H2,1-3H3. The number of nitrogens with two attached hydrogens (primary N) is 3. The van der Waals surface area contributed by atoms with Crippen molar-refractivity contribution in [3.05, 3.63) is 65.2 Å². The minimum atomic E-state index is -0.372. The average Bonchev–Trinajstić information content (AvgIpc) is 0.858. The molecule has 14 rings (SSSR count). The molecule has 12 saturated heterocycles. The third-order valence-corrected chi connectivity index (χ3v) is 23.2. The third kappa shape index (κ3) is 43.6. The minimum Gasteiger partial charge on any atom is -0.380 e. The molecule has 0 spiro atoms. The molecule has 35 N–H and O–H groups in total. The van der Waals surface area contributed by atoms with E-state index in [-0.39, 0.29) is 72.0 Å². The molecular formula is C88H182N32O. The summed E-state index contributed by atoms with van der Waals surface area (Å²) in [5.74, 6) is 0.174. The Balaban J connectivity index is 0.000000224. The number of hydrogen-bond acceptors (Lipinski definition) is 33. The molecule has 0 aromatic heterocycles. The number of rotatable bonds is 10. The van der Waals surface area contributed by atoms with Crippen LogP contribution in [0.3, 0.4) is 0 Å². The summed E-state index contributed by atoms with van der Waals surface area (Å²) in [5.41, 5.74) is 23.2. The first-order chi connectivity index (χ1) is 57.7. The van der Waals surface area contributed by atoms with Crippen LogP contribution >= 0.6 is 0 Å². The summed E-state index contributed by atoms with van der Waals surface area (Å²) in [4.78, 5) is 12.6. The Hall–Kier alpha value is -3.33. The largest absolute Gasteiger partial charge is 0.380 e. The zero-order chi connectivity index (χ0) is 87.4. The molecular weight excluding hydrogens is 1520 g/mol. The number of ketones is 1. The smallest absolute Gasteiger partial charge is 0.168 e. The summed E-state index contributed by atoms with van der Waals surface area (Å²) in [5, 5.41) is 106. The van der Waals surface area contributed by atoms with E-state index in [0.29, 0.717) is 0 Å². The molecule has 0 radical (unpaired) electrons. The quantitative estimate of drug-likeness (QED) is 0.0985. The maximum atomic E-state index is 12.6. The topological polar surface area (TPSA) is 444 Å². The van der Waals surface area contributed by atoms with Crippen LogP contribution in [0, 0.1) is 10.8 Å². The summed E-state index contributed by atoms with van der Waals surface area (Å²) in [7, 11) is 0. The molecule has 0 aliphatic carbocycles. The molecule has 2 aromatic rings. The van der Waals surface area contributed by atoms with Gasteiger partial charge >= 0.3 is 0 Å². The molecule has 0 atom stereocenters. The van der Waals surface area contributed by atoms with Crippen LogP contribution in [0.25, 0.3) is 0 Å². The van der Waals surface area contributed by atoms with Crippen molar-refractivity contribution in [3.8, 4) is 0 Å². The van der Waals surface area contributed by atoms with Crippen LogP contribution in [0.2, 0.25) is 0 Å². The Morgan fingerprint density at radius 3 is 0.661 bits per heavy atom. The highest BCUT2D eigenvalue weighted by atomic mass is 16.1. The Labute approximate surface area is 732 Å². The van der Waals surface area contributed by atoms with Gasteiger partial charge in [-0.2, -0.15) is 0 Å². The van der Waals surface area contributed by atoms with E-state index in [1.807, 2.05) is 32.9 Å². The van der Waals surface area contributed by atoms with Gasteiger partial charge in [-0.25, -0.2) is 0 Å². The number of hydrogen-bond donors (Lipinski definition) is 32. The zero-order valence-corrected chi connectivity index (χ0v) is 78.1. The zero-order valence-electron chi connectivity index (χ0n) is 78.1. The van der Waals surface area contributed by atoms with Gasteiger partial charge in [-0.15, -0.1) is 0 Å². The first-order valence-corrected chi connectivity index (χ1v) is 46.6. The van der Waals surface area contributed by atoms with Crippen molar-refractivity contribution in [2.24, 2.45) is 28.0 Å². The normalized spacial score (nSPS) is 30.9. The van der Waals surface area contributed by atoms with Crippen molar-refractivity contribution in [1.29, 1.82) is 0 Å². The number of nitrogens with one attached hydrogen (secondary N) is 29. The van der Waals surface area contributed by atoms with Crippen LogP contribution in [0.1, 0.15) is 111 Å². The number of Topliss-reactive ketones (excluding diaryl/α,β-unsaturated/α-hetero) is 1. The van der Waals surface area contributed by atoms with E-state index in [2.05, 4.69) is 260 Å². The van der Waals surface area contributed by atoms with Crippen molar-refractivity contribution < 1.29 is 4.79 Å². The average molecular weight is 1700 g/mol. The number of carbonyl (C=O) groups excluding carboxylic acids is 1. The molecule has 0 unspecified atom stereocenters. The van der Waals surface area contributed by atoms with Crippen molar-refractivity contribution in [1.82, 2.24) is 149 Å². The molecule has 12 heterocycles. The minimum absolute atomic E-state index is 0.0129. The van der Waals surface area contributed by atoms with Crippen LogP contribution in [0.5, 0.6) is 0 Å². The van der Waals surface area contributed by atoms with Gasteiger partial charge in [0.1, 0.15) is 0 Å². The lowest BCUT2D eigenvalue weighted by Gasteiger charge is -2.42. The van der Waals surface area contributed by atoms with Gasteiger partial charge in [0.05, 0.1) is 38.8 Å². The molecule has 121 heavy (non-hydrogen) atoms. The molecule has 12 fully saturated rings. The van der Waals surface area contributed by atoms with Crippen LogP contribution in [0.15, 0.2) is 48.5 Å². The SMILES string of the molecule is CC(C)(C)C(=O)c1ccc(CNC23CNCCNCC(N)(CNCCNC2)CNCCNC3)cc1.CC(C)(C)NC12CNCCNCC(N)(CNCCNC1)CNCCNC2.CC(C)(C)Nc1ccc(CNC23CNCCNCC(N)(CNCCNC2)CNCCNC3)cc1.CC12CNCCNCC(NC(C)(C)C)(CNCCNC1)CNCCNC2. The van der Waals surface area contributed by atoms with Crippen LogP contribution < -0.4 is 171 Å². The van der Waals surface area contributed by atoms with Gasteiger partial charge in [-0.05, 0) is 85.6 Å².